The first kappa shape index (κ1) is 16.3. The fraction of sp³-hybridized carbons (Fsp3) is 0.333. The van der Waals surface area contributed by atoms with Gasteiger partial charge in [0.05, 0.1) is 20.8 Å². The smallest absolute Gasteiger partial charge is 0.127 e. The molecule has 0 aliphatic carbocycles. The number of aliphatic hydroxyl groups is 1. The van der Waals surface area contributed by atoms with Crippen LogP contribution in [0.3, 0.4) is 0 Å². The summed E-state index contributed by atoms with van der Waals surface area (Å²) in [5.74, 6) is 1.59. The summed E-state index contributed by atoms with van der Waals surface area (Å²) in [4.78, 5) is 0. The number of aliphatic hydroxyl groups excluding tert-OH is 1. The quantitative estimate of drug-likeness (QED) is 0.825. The monoisotopic (exact) mass is 301 g/mol. The highest BCUT2D eigenvalue weighted by molar-refractivity contribution is 5.40. The highest BCUT2D eigenvalue weighted by Crippen LogP contribution is 2.25. The summed E-state index contributed by atoms with van der Waals surface area (Å²) < 4.78 is 10.6. The number of benzene rings is 2. The van der Waals surface area contributed by atoms with E-state index in [4.69, 9.17) is 9.47 Å². The zero-order valence-corrected chi connectivity index (χ0v) is 13.3. The number of rotatable bonds is 7. The van der Waals surface area contributed by atoms with Gasteiger partial charge in [-0.25, -0.2) is 0 Å². The van der Waals surface area contributed by atoms with Crippen LogP contribution in [-0.4, -0.2) is 19.3 Å². The number of nitrogens with one attached hydrogen (secondary N) is 1. The summed E-state index contributed by atoms with van der Waals surface area (Å²) in [6.07, 6.45) is 0. The van der Waals surface area contributed by atoms with E-state index in [1.807, 2.05) is 36.4 Å². The van der Waals surface area contributed by atoms with E-state index in [-0.39, 0.29) is 12.6 Å². The Morgan fingerprint density at radius 1 is 1.09 bits per heavy atom. The molecular formula is C18H23NO3. The van der Waals surface area contributed by atoms with Crippen LogP contribution in [0.15, 0.2) is 42.5 Å². The topological polar surface area (TPSA) is 50.7 Å². The first-order chi connectivity index (χ1) is 10.7. The van der Waals surface area contributed by atoms with Crippen LogP contribution in [0, 0.1) is 0 Å². The number of hydrogen-bond donors (Lipinski definition) is 2. The van der Waals surface area contributed by atoms with Crippen molar-refractivity contribution in [3.05, 3.63) is 59.2 Å². The molecule has 0 aliphatic heterocycles. The highest BCUT2D eigenvalue weighted by atomic mass is 16.5. The number of methoxy groups -OCH3 is 2. The first-order valence-electron chi connectivity index (χ1n) is 7.32. The van der Waals surface area contributed by atoms with Gasteiger partial charge in [-0.1, -0.05) is 30.3 Å². The highest BCUT2D eigenvalue weighted by Gasteiger charge is 2.09. The van der Waals surface area contributed by atoms with E-state index in [9.17, 15) is 5.11 Å². The molecule has 0 heterocycles. The second-order valence-corrected chi connectivity index (χ2v) is 5.18. The van der Waals surface area contributed by atoms with Gasteiger partial charge < -0.3 is 19.9 Å². The van der Waals surface area contributed by atoms with E-state index in [0.717, 1.165) is 28.2 Å². The largest absolute Gasteiger partial charge is 0.497 e. The minimum Gasteiger partial charge on any atom is -0.497 e. The fourth-order valence-electron chi connectivity index (χ4n) is 2.34. The number of ether oxygens (including phenoxy) is 2. The fourth-order valence-corrected chi connectivity index (χ4v) is 2.34. The van der Waals surface area contributed by atoms with Crippen LogP contribution in [-0.2, 0) is 13.2 Å². The Morgan fingerprint density at radius 3 is 2.59 bits per heavy atom. The molecule has 0 aliphatic rings. The minimum absolute atomic E-state index is 0.0624. The number of hydrogen-bond acceptors (Lipinski definition) is 4. The van der Waals surface area contributed by atoms with E-state index in [2.05, 4.69) is 18.3 Å². The minimum atomic E-state index is 0.0624. The third kappa shape index (κ3) is 4.00. The maximum absolute atomic E-state index is 9.22. The third-order valence-electron chi connectivity index (χ3n) is 3.73. The summed E-state index contributed by atoms with van der Waals surface area (Å²) >= 11 is 0. The Morgan fingerprint density at radius 2 is 1.91 bits per heavy atom. The molecule has 0 fully saturated rings. The molecule has 4 heteroatoms. The van der Waals surface area contributed by atoms with Gasteiger partial charge in [0.2, 0.25) is 0 Å². The molecule has 0 saturated heterocycles. The van der Waals surface area contributed by atoms with Crippen LogP contribution >= 0.6 is 0 Å². The van der Waals surface area contributed by atoms with E-state index in [1.54, 1.807) is 14.2 Å². The van der Waals surface area contributed by atoms with Gasteiger partial charge in [-0.2, -0.15) is 0 Å². The molecule has 0 saturated carbocycles. The Bertz CT molecular complexity index is 613. The normalized spacial score (nSPS) is 12.0. The summed E-state index contributed by atoms with van der Waals surface area (Å²) in [6, 6.07) is 13.9. The van der Waals surface area contributed by atoms with Crippen molar-refractivity contribution in [2.45, 2.75) is 26.1 Å². The average molecular weight is 301 g/mol. The van der Waals surface area contributed by atoms with Gasteiger partial charge >= 0.3 is 0 Å². The second kappa shape index (κ2) is 7.82. The summed E-state index contributed by atoms with van der Waals surface area (Å²) in [5.41, 5.74) is 3.15. The lowest BCUT2D eigenvalue weighted by molar-refractivity contribution is 0.281. The molecule has 22 heavy (non-hydrogen) atoms. The van der Waals surface area contributed by atoms with Crippen molar-refractivity contribution in [1.29, 1.82) is 0 Å². The molecular weight excluding hydrogens is 278 g/mol. The molecule has 2 rings (SSSR count). The maximum atomic E-state index is 9.22. The predicted octanol–water partition coefficient (Wildman–Crippen LogP) is 3.05. The van der Waals surface area contributed by atoms with Gasteiger partial charge in [-0.3, -0.25) is 0 Å². The molecule has 0 bridgehead atoms. The van der Waals surface area contributed by atoms with Gasteiger partial charge in [0, 0.05) is 24.2 Å². The van der Waals surface area contributed by atoms with Crippen molar-refractivity contribution in [2.24, 2.45) is 0 Å². The van der Waals surface area contributed by atoms with Crippen molar-refractivity contribution >= 4 is 0 Å². The van der Waals surface area contributed by atoms with Gasteiger partial charge in [-0.15, -0.1) is 0 Å². The third-order valence-corrected chi connectivity index (χ3v) is 3.73. The summed E-state index contributed by atoms with van der Waals surface area (Å²) in [5, 5.41) is 12.7. The molecule has 0 radical (unpaired) electrons. The maximum Gasteiger partial charge on any atom is 0.127 e. The zero-order chi connectivity index (χ0) is 15.9. The Balaban J connectivity index is 2.05. The lowest BCUT2D eigenvalue weighted by Crippen LogP contribution is -2.18. The van der Waals surface area contributed by atoms with Crippen LogP contribution in [0.25, 0.3) is 0 Å². The van der Waals surface area contributed by atoms with E-state index in [1.165, 1.54) is 0 Å². The first-order valence-corrected chi connectivity index (χ1v) is 7.32. The van der Waals surface area contributed by atoms with Crippen LogP contribution in [0.4, 0.5) is 0 Å². The zero-order valence-electron chi connectivity index (χ0n) is 13.3. The standard InChI is InChI=1S/C18H23NO3/c1-13(15-6-4-5-14(9-15)12-20)19-11-16-7-8-17(21-2)10-18(16)22-3/h4-10,13,19-20H,11-12H2,1-3H3. The van der Waals surface area contributed by atoms with E-state index < -0.39 is 0 Å². The Hall–Kier alpha value is -2.04. The SMILES string of the molecule is COc1ccc(CNC(C)c2cccc(CO)c2)c(OC)c1. The lowest BCUT2D eigenvalue weighted by Gasteiger charge is -2.17. The summed E-state index contributed by atoms with van der Waals surface area (Å²) in [7, 11) is 3.30. The van der Waals surface area contributed by atoms with Crippen LogP contribution in [0.1, 0.15) is 29.7 Å². The average Bonchev–Trinajstić information content (AvgIpc) is 2.59. The van der Waals surface area contributed by atoms with Crippen molar-refractivity contribution in [3.8, 4) is 11.5 Å². The van der Waals surface area contributed by atoms with Gasteiger partial charge in [0.25, 0.3) is 0 Å². The van der Waals surface area contributed by atoms with Crippen molar-refractivity contribution < 1.29 is 14.6 Å². The van der Waals surface area contributed by atoms with E-state index in [0.29, 0.717) is 6.54 Å². The molecule has 0 aromatic heterocycles. The van der Waals surface area contributed by atoms with Crippen LogP contribution < -0.4 is 14.8 Å². The summed E-state index contributed by atoms with van der Waals surface area (Å²) in [6.45, 7) is 2.86. The van der Waals surface area contributed by atoms with Gasteiger partial charge in [-0.05, 0) is 24.1 Å². The lowest BCUT2D eigenvalue weighted by atomic mass is 10.0. The molecule has 2 aromatic carbocycles. The second-order valence-electron chi connectivity index (χ2n) is 5.18. The molecule has 4 nitrogen and oxygen atoms in total. The van der Waals surface area contributed by atoms with E-state index >= 15 is 0 Å². The molecule has 0 spiro atoms. The van der Waals surface area contributed by atoms with Crippen molar-refractivity contribution in [1.82, 2.24) is 5.32 Å². The molecule has 2 N–H and O–H groups in total. The molecule has 118 valence electrons. The van der Waals surface area contributed by atoms with Gasteiger partial charge in [0.15, 0.2) is 0 Å². The predicted molar refractivity (Wildman–Crippen MR) is 87.2 cm³/mol. The van der Waals surface area contributed by atoms with Crippen LogP contribution in [0.2, 0.25) is 0 Å². The van der Waals surface area contributed by atoms with Crippen molar-refractivity contribution in [2.75, 3.05) is 14.2 Å². The molecule has 1 atom stereocenters. The van der Waals surface area contributed by atoms with Crippen molar-refractivity contribution in [3.63, 3.8) is 0 Å². The molecule has 1 unspecified atom stereocenters. The Labute approximate surface area is 131 Å². The Kier molecular flexibility index (Phi) is 5.81. The molecule has 2 aromatic rings. The molecule has 0 amide bonds. The van der Waals surface area contributed by atoms with Crippen LogP contribution in [0.5, 0.6) is 11.5 Å². The van der Waals surface area contributed by atoms with Gasteiger partial charge in [0.1, 0.15) is 11.5 Å².